The molecule has 1 amide bonds. The number of carbonyl (C=O) groups is 1. The summed E-state index contributed by atoms with van der Waals surface area (Å²) in [6.07, 6.45) is 2.51. The molecule has 3 rings (SSSR count). The third-order valence-corrected chi connectivity index (χ3v) is 4.12. The number of fused-ring (bicyclic) bond motifs is 1. The Hall–Kier alpha value is -2.68. The molecule has 0 aromatic carbocycles. The summed E-state index contributed by atoms with van der Waals surface area (Å²) >= 11 is 1.30. The highest BCUT2D eigenvalue weighted by atomic mass is 32.1. The first-order valence-corrected chi connectivity index (χ1v) is 8.03. The molecular formula is C15H16N4O4S. The number of H-pyrrole nitrogens is 1. The molecule has 0 radical (unpaired) electrons. The van der Waals surface area contributed by atoms with Crippen molar-refractivity contribution in [1.82, 2.24) is 20.4 Å². The van der Waals surface area contributed by atoms with Crippen molar-refractivity contribution in [2.45, 2.75) is 32.9 Å². The molecule has 0 unspecified atom stereocenters. The lowest BCUT2D eigenvalue weighted by Gasteiger charge is -2.19. The van der Waals surface area contributed by atoms with Crippen LogP contribution in [0.5, 0.6) is 0 Å². The highest BCUT2D eigenvalue weighted by molar-refractivity contribution is 7.22. The molecule has 0 aliphatic carbocycles. The number of aromatic nitrogens is 3. The minimum absolute atomic E-state index is 0.0680. The van der Waals surface area contributed by atoms with Gasteiger partial charge in [0.2, 0.25) is 0 Å². The van der Waals surface area contributed by atoms with E-state index in [9.17, 15) is 9.59 Å². The molecule has 0 aliphatic heterocycles. The maximum absolute atomic E-state index is 12.2. The molecule has 9 heteroatoms. The summed E-state index contributed by atoms with van der Waals surface area (Å²) in [4.78, 5) is 31.7. The topological polar surface area (TPSA) is 110 Å². The molecule has 2 N–H and O–H groups in total. The van der Waals surface area contributed by atoms with Gasteiger partial charge in [0.1, 0.15) is 22.4 Å². The first kappa shape index (κ1) is 16.2. The van der Waals surface area contributed by atoms with E-state index in [-0.39, 0.29) is 12.1 Å². The molecule has 0 fully saturated rings. The number of amides is 1. The molecule has 0 bridgehead atoms. The average Bonchev–Trinajstić information content (AvgIpc) is 3.12. The number of nitrogens with one attached hydrogen (secondary N) is 2. The molecule has 0 spiro atoms. The van der Waals surface area contributed by atoms with Crippen molar-refractivity contribution in [2.24, 2.45) is 0 Å². The SMILES string of the molecule is CC(C)(C)OC(=O)NCc1nc2cc(-c3cnoc3)sc2c(=O)[nH]1. The second-order valence-electron chi connectivity index (χ2n) is 6.11. The lowest BCUT2D eigenvalue weighted by atomic mass is 10.2. The van der Waals surface area contributed by atoms with Crippen molar-refractivity contribution >= 4 is 27.6 Å². The summed E-state index contributed by atoms with van der Waals surface area (Å²) in [5, 5.41) is 6.22. The predicted octanol–water partition coefficient (Wildman–Crippen LogP) is 2.66. The van der Waals surface area contributed by atoms with Gasteiger partial charge >= 0.3 is 6.09 Å². The van der Waals surface area contributed by atoms with Gasteiger partial charge < -0.3 is 19.6 Å². The highest BCUT2D eigenvalue weighted by Gasteiger charge is 2.16. The number of alkyl carbamates (subject to hydrolysis) is 1. The number of thiophene rings is 1. The van der Waals surface area contributed by atoms with Crippen LogP contribution in [0, 0.1) is 0 Å². The van der Waals surface area contributed by atoms with Crippen molar-refractivity contribution in [3.63, 3.8) is 0 Å². The minimum atomic E-state index is -0.588. The van der Waals surface area contributed by atoms with Crippen molar-refractivity contribution in [2.75, 3.05) is 0 Å². The zero-order valence-electron chi connectivity index (χ0n) is 13.4. The maximum atomic E-state index is 12.2. The van der Waals surface area contributed by atoms with E-state index < -0.39 is 11.7 Å². The van der Waals surface area contributed by atoms with Gasteiger partial charge in [-0.3, -0.25) is 4.79 Å². The number of rotatable bonds is 3. The minimum Gasteiger partial charge on any atom is -0.444 e. The smallest absolute Gasteiger partial charge is 0.408 e. The second-order valence-corrected chi connectivity index (χ2v) is 7.16. The van der Waals surface area contributed by atoms with Gasteiger partial charge in [-0.15, -0.1) is 11.3 Å². The van der Waals surface area contributed by atoms with E-state index in [1.807, 2.05) is 0 Å². The third-order valence-electron chi connectivity index (χ3n) is 2.95. The molecule has 3 aromatic rings. The number of aromatic amines is 1. The molecule has 126 valence electrons. The molecular weight excluding hydrogens is 332 g/mol. The van der Waals surface area contributed by atoms with Crippen molar-refractivity contribution in [3.05, 3.63) is 34.7 Å². The third kappa shape index (κ3) is 3.62. The zero-order chi connectivity index (χ0) is 17.3. The lowest BCUT2D eigenvalue weighted by Crippen LogP contribution is -2.33. The van der Waals surface area contributed by atoms with Gasteiger partial charge in [0, 0.05) is 4.88 Å². The van der Waals surface area contributed by atoms with Gasteiger partial charge in [-0.2, -0.15) is 0 Å². The second kappa shape index (κ2) is 6.08. The Balaban J connectivity index is 1.80. The van der Waals surface area contributed by atoms with E-state index in [0.717, 1.165) is 10.4 Å². The number of hydrogen-bond donors (Lipinski definition) is 2. The largest absolute Gasteiger partial charge is 0.444 e. The zero-order valence-corrected chi connectivity index (χ0v) is 14.2. The Morgan fingerprint density at radius 2 is 2.25 bits per heavy atom. The Bertz CT molecular complexity index is 921. The number of ether oxygens (including phenoxy) is 1. The van der Waals surface area contributed by atoms with Crippen LogP contribution in [-0.4, -0.2) is 26.8 Å². The summed E-state index contributed by atoms with van der Waals surface area (Å²) in [5.74, 6) is 0.355. The summed E-state index contributed by atoms with van der Waals surface area (Å²) in [5.41, 5.74) is 0.496. The van der Waals surface area contributed by atoms with Gasteiger partial charge in [0.15, 0.2) is 0 Å². The van der Waals surface area contributed by atoms with Crippen molar-refractivity contribution < 1.29 is 14.1 Å². The van der Waals surface area contributed by atoms with Crippen LogP contribution in [0.2, 0.25) is 0 Å². The predicted molar refractivity (Wildman–Crippen MR) is 88.8 cm³/mol. The van der Waals surface area contributed by atoms with Gasteiger partial charge in [0.25, 0.3) is 5.56 Å². The fourth-order valence-corrected chi connectivity index (χ4v) is 2.97. The van der Waals surface area contributed by atoms with Crippen molar-refractivity contribution in [1.29, 1.82) is 0 Å². The van der Waals surface area contributed by atoms with Crippen LogP contribution in [0.15, 0.2) is 27.8 Å². The molecule has 0 saturated carbocycles. The van der Waals surface area contributed by atoms with E-state index in [2.05, 4.69) is 20.4 Å². The fourth-order valence-electron chi connectivity index (χ4n) is 2.01. The van der Waals surface area contributed by atoms with Crippen LogP contribution in [0.25, 0.3) is 20.7 Å². The summed E-state index contributed by atoms with van der Waals surface area (Å²) < 4.78 is 10.5. The molecule has 8 nitrogen and oxygen atoms in total. The fraction of sp³-hybridized carbons (Fsp3) is 0.333. The molecule has 0 aliphatic rings. The monoisotopic (exact) mass is 348 g/mol. The quantitative estimate of drug-likeness (QED) is 0.753. The van der Waals surface area contributed by atoms with Crippen molar-refractivity contribution in [3.8, 4) is 10.4 Å². The molecule has 3 heterocycles. The number of carbonyl (C=O) groups excluding carboxylic acids is 1. The standard InChI is InChI=1S/C15H16N4O4S/c1-15(2,3)23-14(21)16-6-11-18-9-4-10(8-5-17-22-7-8)24-12(9)13(20)19-11/h4-5,7H,6H2,1-3H3,(H,16,21)(H,18,19,20). The molecule has 0 saturated heterocycles. The average molecular weight is 348 g/mol. The van der Waals surface area contributed by atoms with E-state index in [4.69, 9.17) is 9.26 Å². The number of nitrogens with zero attached hydrogens (tertiary/aromatic N) is 2. The first-order valence-electron chi connectivity index (χ1n) is 7.21. The Morgan fingerprint density at radius 1 is 1.46 bits per heavy atom. The van der Waals surface area contributed by atoms with Gasteiger partial charge in [-0.05, 0) is 26.8 Å². The van der Waals surface area contributed by atoms with Gasteiger partial charge in [-0.1, -0.05) is 5.16 Å². The summed E-state index contributed by atoms with van der Waals surface area (Å²) in [6.45, 7) is 5.39. The van der Waals surface area contributed by atoms with Crippen LogP contribution < -0.4 is 10.9 Å². The van der Waals surface area contributed by atoms with Gasteiger partial charge in [0.05, 0.1) is 23.8 Å². The van der Waals surface area contributed by atoms with E-state index in [0.29, 0.717) is 16.0 Å². The van der Waals surface area contributed by atoms with E-state index >= 15 is 0 Å². The normalized spacial score (nSPS) is 11.6. The summed E-state index contributed by atoms with van der Waals surface area (Å²) in [6, 6.07) is 1.79. The highest BCUT2D eigenvalue weighted by Crippen LogP contribution is 2.30. The van der Waals surface area contributed by atoms with Gasteiger partial charge in [-0.25, -0.2) is 9.78 Å². The van der Waals surface area contributed by atoms with Crippen LogP contribution in [0.1, 0.15) is 26.6 Å². The van der Waals surface area contributed by atoms with E-state index in [1.54, 1.807) is 33.0 Å². The Morgan fingerprint density at radius 3 is 2.92 bits per heavy atom. The first-order chi connectivity index (χ1) is 11.3. The van der Waals surface area contributed by atoms with Crippen LogP contribution in [-0.2, 0) is 11.3 Å². The summed E-state index contributed by atoms with van der Waals surface area (Å²) in [7, 11) is 0. The molecule has 24 heavy (non-hydrogen) atoms. The van der Waals surface area contributed by atoms with Crippen LogP contribution >= 0.6 is 11.3 Å². The Kier molecular flexibility index (Phi) is 4.10. The van der Waals surface area contributed by atoms with Crippen LogP contribution in [0.4, 0.5) is 4.79 Å². The lowest BCUT2D eigenvalue weighted by molar-refractivity contribution is 0.0522. The maximum Gasteiger partial charge on any atom is 0.408 e. The Labute approximate surface area is 140 Å². The molecule has 3 aromatic heterocycles. The molecule has 0 atom stereocenters. The van der Waals surface area contributed by atoms with E-state index in [1.165, 1.54) is 17.6 Å². The van der Waals surface area contributed by atoms with Crippen LogP contribution in [0.3, 0.4) is 0 Å². The number of hydrogen-bond acceptors (Lipinski definition) is 7.